The van der Waals surface area contributed by atoms with Crippen LogP contribution in [0.5, 0.6) is 0 Å². The zero-order valence-electron chi connectivity index (χ0n) is 14.7. The first-order valence-electron chi connectivity index (χ1n) is 8.90. The van der Waals surface area contributed by atoms with Crippen molar-refractivity contribution in [2.45, 2.75) is 50.6 Å². The van der Waals surface area contributed by atoms with Crippen LogP contribution < -0.4 is 10.9 Å². The van der Waals surface area contributed by atoms with E-state index in [2.05, 4.69) is 10.3 Å². The molecule has 3 rings (SSSR count). The van der Waals surface area contributed by atoms with Gasteiger partial charge in [-0.25, -0.2) is 4.98 Å². The highest BCUT2D eigenvalue weighted by atomic mass is 16.5. The van der Waals surface area contributed by atoms with Crippen LogP contribution >= 0.6 is 0 Å². The third-order valence-corrected chi connectivity index (χ3v) is 5.11. The van der Waals surface area contributed by atoms with Crippen molar-refractivity contribution in [2.24, 2.45) is 0 Å². The van der Waals surface area contributed by atoms with Gasteiger partial charge in [0.2, 0.25) is 0 Å². The predicted octanol–water partition coefficient (Wildman–Crippen LogP) is 2.25. The summed E-state index contributed by atoms with van der Waals surface area (Å²) in [6.45, 7) is 1.15. The SMILES string of the molecule is COC(=O)CC1(NCCn2cnc3ccccc3c2=O)CCCCC1. The molecule has 0 amide bonds. The highest BCUT2D eigenvalue weighted by molar-refractivity contribution is 5.76. The molecule has 25 heavy (non-hydrogen) atoms. The summed E-state index contributed by atoms with van der Waals surface area (Å²) < 4.78 is 6.49. The minimum Gasteiger partial charge on any atom is -0.469 e. The molecule has 6 heteroatoms. The molecule has 0 bridgehead atoms. The molecule has 0 atom stereocenters. The minimum atomic E-state index is -0.209. The number of fused-ring (bicyclic) bond motifs is 1. The second-order valence-electron chi connectivity index (χ2n) is 6.78. The molecular weight excluding hydrogens is 318 g/mol. The molecule has 134 valence electrons. The summed E-state index contributed by atoms with van der Waals surface area (Å²) >= 11 is 0. The summed E-state index contributed by atoms with van der Waals surface area (Å²) in [7, 11) is 1.43. The fourth-order valence-corrected chi connectivity index (χ4v) is 3.70. The molecule has 1 heterocycles. The van der Waals surface area contributed by atoms with Crippen LogP contribution in [0.1, 0.15) is 38.5 Å². The van der Waals surface area contributed by atoms with Crippen LogP contribution in [0.3, 0.4) is 0 Å². The molecule has 1 aliphatic carbocycles. The van der Waals surface area contributed by atoms with E-state index in [-0.39, 0.29) is 17.1 Å². The lowest BCUT2D eigenvalue weighted by Crippen LogP contribution is -2.49. The summed E-state index contributed by atoms with van der Waals surface area (Å²) in [6.07, 6.45) is 7.34. The maximum absolute atomic E-state index is 12.5. The van der Waals surface area contributed by atoms with E-state index in [9.17, 15) is 9.59 Å². The molecular formula is C19H25N3O3. The first kappa shape index (κ1) is 17.6. The van der Waals surface area contributed by atoms with Gasteiger partial charge >= 0.3 is 5.97 Å². The van der Waals surface area contributed by atoms with Crippen molar-refractivity contribution < 1.29 is 9.53 Å². The first-order chi connectivity index (χ1) is 12.1. The average molecular weight is 343 g/mol. The molecule has 1 saturated carbocycles. The van der Waals surface area contributed by atoms with E-state index in [1.165, 1.54) is 13.5 Å². The molecule has 2 aromatic rings. The zero-order chi connectivity index (χ0) is 17.7. The quantitative estimate of drug-likeness (QED) is 0.815. The molecule has 1 aromatic heterocycles. The first-order valence-corrected chi connectivity index (χ1v) is 8.90. The van der Waals surface area contributed by atoms with Crippen LogP contribution in [0, 0.1) is 0 Å². The number of ether oxygens (including phenoxy) is 1. The van der Waals surface area contributed by atoms with Gasteiger partial charge in [-0.05, 0) is 25.0 Å². The molecule has 1 aliphatic rings. The van der Waals surface area contributed by atoms with Gasteiger partial charge in [0.05, 0.1) is 30.8 Å². The summed E-state index contributed by atoms with van der Waals surface area (Å²) in [5.74, 6) is -0.182. The number of benzene rings is 1. The third-order valence-electron chi connectivity index (χ3n) is 5.11. The Morgan fingerprint density at radius 1 is 1.28 bits per heavy atom. The van der Waals surface area contributed by atoms with Gasteiger partial charge in [0, 0.05) is 18.6 Å². The summed E-state index contributed by atoms with van der Waals surface area (Å²) in [5, 5.41) is 4.17. The van der Waals surface area contributed by atoms with Crippen molar-refractivity contribution in [3.8, 4) is 0 Å². The van der Waals surface area contributed by atoms with E-state index >= 15 is 0 Å². The molecule has 0 aliphatic heterocycles. The normalized spacial score (nSPS) is 16.7. The van der Waals surface area contributed by atoms with Crippen LogP contribution in [0.2, 0.25) is 0 Å². The number of hydrogen-bond donors (Lipinski definition) is 1. The number of hydrogen-bond acceptors (Lipinski definition) is 5. The fourth-order valence-electron chi connectivity index (χ4n) is 3.70. The number of para-hydroxylation sites is 1. The van der Waals surface area contributed by atoms with Crippen LogP contribution in [-0.4, -0.2) is 34.7 Å². The Bertz CT molecular complexity index is 794. The lowest BCUT2D eigenvalue weighted by Gasteiger charge is -2.37. The van der Waals surface area contributed by atoms with Gasteiger partial charge < -0.3 is 10.1 Å². The lowest BCUT2D eigenvalue weighted by molar-refractivity contribution is -0.142. The van der Waals surface area contributed by atoms with E-state index in [0.29, 0.717) is 30.4 Å². The van der Waals surface area contributed by atoms with Crippen molar-refractivity contribution in [1.29, 1.82) is 0 Å². The van der Waals surface area contributed by atoms with Crippen LogP contribution in [0.4, 0.5) is 0 Å². The number of nitrogens with zero attached hydrogens (tertiary/aromatic N) is 2. The van der Waals surface area contributed by atoms with Gasteiger partial charge in [-0.1, -0.05) is 31.4 Å². The van der Waals surface area contributed by atoms with E-state index in [1.54, 1.807) is 17.0 Å². The van der Waals surface area contributed by atoms with Crippen LogP contribution in [0.25, 0.3) is 10.9 Å². The Morgan fingerprint density at radius 3 is 2.80 bits per heavy atom. The Hall–Kier alpha value is -2.21. The van der Waals surface area contributed by atoms with Gasteiger partial charge in [-0.2, -0.15) is 0 Å². The number of carbonyl (C=O) groups is 1. The molecule has 0 saturated heterocycles. The van der Waals surface area contributed by atoms with E-state index in [4.69, 9.17) is 4.74 Å². The summed E-state index contributed by atoms with van der Waals surface area (Å²) in [4.78, 5) is 28.7. The van der Waals surface area contributed by atoms with Crippen molar-refractivity contribution in [2.75, 3.05) is 13.7 Å². The van der Waals surface area contributed by atoms with Crippen LogP contribution in [0.15, 0.2) is 35.4 Å². The van der Waals surface area contributed by atoms with Crippen molar-refractivity contribution in [1.82, 2.24) is 14.9 Å². The number of nitrogens with one attached hydrogen (secondary N) is 1. The molecule has 0 radical (unpaired) electrons. The number of carbonyl (C=O) groups excluding carboxylic acids is 1. The number of rotatable bonds is 6. The molecule has 6 nitrogen and oxygen atoms in total. The van der Waals surface area contributed by atoms with Crippen molar-refractivity contribution in [3.63, 3.8) is 0 Å². The second-order valence-corrected chi connectivity index (χ2v) is 6.78. The monoisotopic (exact) mass is 343 g/mol. The summed E-state index contributed by atoms with van der Waals surface area (Å²) in [5.41, 5.74) is 0.475. The predicted molar refractivity (Wildman–Crippen MR) is 96.5 cm³/mol. The van der Waals surface area contributed by atoms with E-state index in [0.717, 1.165) is 25.7 Å². The third kappa shape index (κ3) is 4.07. The highest BCUT2D eigenvalue weighted by Gasteiger charge is 2.34. The highest BCUT2D eigenvalue weighted by Crippen LogP contribution is 2.31. The molecule has 1 N–H and O–H groups in total. The topological polar surface area (TPSA) is 73.2 Å². The lowest BCUT2D eigenvalue weighted by atomic mass is 9.79. The molecule has 0 unspecified atom stereocenters. The second kappa shape index (κ2) is 7.78. The van der Waals surface area contributed by atoms with Crippen LogP contribution in [-0.2, 0) is 16.1 Å². The average Bonchev–Trinajstić information content (AvgIpc) is 2.64. The van der Waals surface area contributed by atoms with Crippen molar-refractivity contribution in [3.05, 3.63) is 40.9 Å². The maximum Gasteiger partial charge on any atom is 0.307 e. The maximum atomic E-state index is 12.5. The number of methoxy groups -OCH3 is 1. The Labute approximate surface area is 147 Å². The zero-order valence-corrected chi connectivity index (χ0v) is 14.7. The van der Waals surface area contributed by atoms with Crippen molar-refractivity contribution >= 4 is 16.9 Å². The molecule has 1 aromatic carbocycles. The van der Waals surface area contributed by atoms with Gasteiger partial charge in [-0.15, -0.1) is 0 Å². The summed E-state index contributed by atoms with van der Waals surface area (Å²) in [6, 6.07) is 7.36. The minimum absolute atomic E-state index is 0.0296. The fraction of sp³-hybridized carbons (Fsp3) is 0.526. The number of esters is 1. The van der Waals surface area contributed by atoms with E-state index < -0.39 is 0 Å². The Kier molecular flexibility index (Phi) is 5.48. The molecule has 1 fully saturated rings. The van der Waals surface area contributed by atoms with Gasteiger partial charge in [0.15, 0.2) is 0 Å². The Balaban J connectivity index is 1.69. The van der Waals surface area contributed by atoms with Gasteiger partial charge in [0.25, 0.3) is 5.56 Å². The Morgan fingerprint density at radius 2 is 2.04 bits per heavy atom. The standard InChI is InChI=1S/C19H25N3O3/c1-25-17(23)13-19(9-5-2-6-10-19)21-11-12-22-14-20-16-8-4-3-7-15(16)18(22)24/h3-4,7-8,14,21H,2,5-6,9-13H2,1H3. The van der Waals surface area contributed by atoms with Gasteiger partial charge in [0.1, 0.15) is 0 Å². The van der Waals surface area contributed by atoms with E-state index in [1.807, 2.05) is 18.2 Å². The largest absolute Gasteiger partial charge is 0.469 e. The number of aromatic nitrogens is 2. The molecule has 0 spiro atoms. The van der Waals surface area contributed by atoms with Gasteiger partial charge in [-0.3, -0.25) is 14.2 Å². The smallest absolute Gasteiger partial charge is 0.307 e.